The molecule has 6 heteroatoms. The minimum absolute atomic E-state index is 0.0507. The first-order valence-corrected chi connectivity index (χ1v) is 4.01. The standard InChI is InChI=1S/C8H8N4O2/c13-7(14)3-5-4-10-12-8(5)6-1-2-9-11-6/h1-2,4H,3H2,(H,9,11)(H,10,12)(H,13,14). The van der Waals surface area contributed by atoms with Crippen molar-refractivity contribution >= 4 is 5.97 Å². The van der Waals surface area contributed by atoms with Crippen LogP contribution >= 0.6 is 0 Å². The highest BCUT2D eigenvalue weighted by Crippen LogP contribution is 2.18. The number of aromatic nitrogens is 4. The normalized spacial score (nSPS) is 10.3. The summed E-state index contributed by atoms with van der Waals surface area (Å²) in [5.41, 5.74) is 2.05. The fourth-order valence-electron chi connectivity index (χ4n) is 1.24. The highest BCUT2D eigenvalue weighted by atomic mass is 16.4. The van der Waals surface area contributed by atoms with E-state index in [0.717, 1.165) is 5.69 Å². The molecule has 0 radical (unpaired) electrons. The predicted molar refractivity (Wildman–Crippen MR) is 47.5 cm³/mol. The Hall–Kier alpha value is -2.11. The van der Waals surface area contributed by atoms with Crippen LogP contribution in [0.4, 0.5) is 0 Å². The van der Waals surface area contributed by atoms with Crippen LogP contribution < -0.4 is 0 Å². The Morgan fingerprint density at radius 3 is 2.93 bits per heavy atom. The van der Waals surface area contributed by atoms with Crippen LogP contribution in [-0.2, 0) is 11.2 Å². The third-order valence-electron chi connectivity index (χ3n) is 1.83. The van der Waals surface area contributed by atoms with Crippen LogP contribution in [0, 0.1) is 0 Å². The molecule has 6 nitrogen and oxygen atoms in total. The average Bonchev–Trinajstić information content (AvgIpc) is 2.70. The van der Waals surface area contributed by atoms with Gasteiger partial charge >= 0.3 is 5.97 Å². The second kappa shape index (κ2) is 3.33. The molecule has 0 unspecified atom stereocenters. The van der Waals surface area contributed by atoms with Gasteiger partial charge in [0.2, 0.25) is 0 Å². The van der Waals surface area contributed by atoms with Crippen LogP contribution in [0.2, 0.25) is 0 Å². The number of aliphatic carboxylic acids is 1. The molecule has 0 aliphatic carbocycles. The fourth-order valence-corrected chi connectivity index (χ4v) is 1.24. The van der Waals surface area contributed by atoms with E-state index >= 15 is 0 Å². The van der Waals surface area contributed by atoms with Gasteiger partial charge in [-0.3, -0.25) is 15.0 Å². The Morgan fingerprint density at radius 2 is 2.29 bits per heavy atom. The maximum atomic E-state index is 10.5. The molecule has 0 amide bonds. The van der Waals surface area contributed by atoms with Crippen LogP contribution in [0.15, 0.2) is 18.5 Å². The van der Waals surface area contributed by atoms with Gasteiger partial charge in [-0.25, -0.2) is 0 Å². The summed E-state index contributed by atoms with van der Waals surface area (Å²) in [5, 5.41) is 21.7. The summed E-state index contributed by atoms with van der Waals surface area (Å²) in [6.45, 7) is 0. The third-order valence-corrected chi connectivity index (χ3v) is 1.83. The van der Waals surface area contributed by atoms with E-state index in [4.69, 9.17) is 5.11 Å². The van der Waals surface area contributed by atoms with Crippen molar-refractivity contribution in [2.24, 2.45) is 0 Å². The number of carboxylic acid groups (broad SMARTS) is 1. The van der Waals surface area contributed by atoms with E-state index in [0.29, 0.717) is 11.3 Å². The zero-order valence-electron chi connectivity index (χ0n) is 7.19. The number of carbonyl (C=O) groups is 1. The number of nitrogens with zero attached hydrogens (tertiary/aromatic N) is 2. The van der Waals surface area contributed by atoms with Gasteiger partial charge in [-0.2, -0.15) is 10.2 Å². The maximum Gasteiger partial charge on any atom is 0.307 e. The lowest BCUT2D eigenvalue weighted by Crippen LogP contribution is -2.00. The molecule has 2 aromatic heterocycles. The molecule has 2 heterocycles. The quantitative estimate of drug-likeness (QED) is 0.657. The van der Waals surface area contributed by atoms with Crippen molar-refractivity contribution in [2.45, 2.75) is 6.42 Å². The fraction of sp³-hybridized carbons (Fsp3) is 0.125. The molecule has 0 bridgehead atoms. The first-order chi connectivity index (χ1) is 6.77. The number of carboxylic acids is 1. The lowest BCUT2D eigenvalue weighted by molar-refractivity contribution is -0.136. The molecule has 2 aromatic rings. The summed E-state index contributed by atoms with van der Waals surface area (Å²) in [6, 6.07) is 1.75. The Kier molecular flexibility index (Phi) is 2.02. The third kappa shape index (κ3) is 1.49. The first-order valence-electron chi connectivity index (χ1n) is 4.01. The van der Waals surface area contributed by atoms with Crippen LogP contribution in [0.1, 0.15) is 5.56 Å². The molecule has 0 aromatic carbocycles. The van der Waals surface area contributed by atoms with Gasteiger partial charge in [-0.05, 0) is 6.07 Å². The molecule has 0 saturated carbocycles. The molecule has 14 heavy (non-hydrogen) atoms. The lowest BCUT2D eigenvalue weighted by Gasteiger charge is -1.96. The minimum atomic E-state index is -0.882. The van der Waals surface area contributed by atoms with Crippen LogP contribution in [0.3, 0.4) is 0 Å². The Balaban J connectivity index is 2.35. The van der Waals surface area contributed by atoms with Gasteiger partial charge in [0.15, 0.2) is 0 Å². The van der Waals surface area contributed by atoms with Gasteiger partial charge in [0, 0.05) is 11.8 Å². The highest BCUT2D eigenvalue weighted by molar-refractivity contribution is 5.73. The van der Waals surface area contributed by atoms with Gasteiger partial charge in [0.1, 0.15) is 0 Å². The summed E-state index contributed by atoms with van der Waals surface area (Å²) in [6.07, 6.45) is 3.05. The molecule has 0 aliphatic heterocycles. The molecule has 72 valence electrons. The van der Waals surface area contributed by atoms with Gasteiger partial charge in [0.05, 0.1) is 24.0 Å². The molecular formula is C8H8N4O2. The van der Waals surface area contributed by atoms with Gasteiger partial charge < -0.3 is 5.11 Å². The minimum Gasteiger partial charge on any atom is -0.481 e. The van der Waals surface area contributed by atoms with Crippen molar-refractivity contribution < 1.29 is 9.90 Å². The van der Waals surface area contributed by atoms with E-state index in [2.05, 4.69) is 20.4 Å². The Morgan fingerprint density at radius 1 is 1.43 bits per heavy atom. The van der Waals surface area contributed by atoms with E-state index < -0.39 is 5.97 Å². The van der Waals surface area contributed by atoms with E-state index in [9.17, 15) is 4.79 Å². The van der Waals surface area contributed by atoms with Crippen LogP contribution in [-0.4, -0.2) is 31.5 Å². The van der Waals surface area contributed by atoms with E-state index in [1.165, 1.54) is 6.20 Å². The number of hydrogen-bond donors (Lipinski definition) is 3. The monoisotopic (exact) mass is 192 g/mol. The van der Waals surface area contributed by atoms with Crippen molar-refractivity contribution in [2.75, 3.05) is 0 Å². The maximum absolute atomic E-state index is 10.5. The number of H-pyrrole nitrogens is 2. The summed E-state index contributed by atoms with van der Waals surface area (Å²) in [5.74, 6) is -0.882. The van der Waals surface area contributed by atoms with Crippen LogP contribution in [0.5, 0.6) is 0 Å². The van der Waals surface area contributed by atoms with E-state index in [1.54, 1.807) is 12.3 Å². The number of hydrogen-bond acceptors (Lipinski definition) is 3. The average molecular weight is 192 g/mol. The predicted octanol–water partition coefficient (Wildman–Crippen LogP) is 0.427. The van der Waals surface area contributed by atoms with Crippen molar-refractivity contribution in [1.29, 1.82) is 0 Å². The van der Waals surface area contributed by atoms with Gasteiger partial charge in [-0.15, -0.1) is 0 Å². The van der Waals surface area contributed by atoms with Crippen molar-refractivity contribution in [3.8, 4) is 11.4 Å². The molecule has 0 atom stereocenters. The summed E-state index contributed by atoms with van der Waals surface area (Å²) < 4.78 is 0. The second-order valence-corrected chi connectivity index (χ2v) is 2.81. The summed E-state index contributed by atoms with van der Waals surface area (Å²) in [7, 11) is 0. The molecule has 0 fully saturated rings. The SMILES string of the molecule is O=C(O)Cc1cn[nH]c1-c1ccn[nH]1. The number of nitrogens with one attached hydrogen (secondary N) is 2. The van der Waals surface area contributed by atoms with Crippen molar-refractivity contribution in [1.82, 2.24) is 20.4 Å². The Labute approximate surface area is 79.0 Å². The van der Waals surface area contributed by atoms with Crippen molar-refractivity contribution in [3.05, 3.63) is 24.0 Å². The molecule has 0 aliphatic rings. The van der Waals surface area contributed by atoms with Gasteiger partial charge in [0.25, 0.3) is 0 Å². The molecule has 0 spiro atoms. The first kappa shape index (κ1) is 8.49. The van der Waals surface area contributed by atoms with Gasteiger partial charge in [-0.1, -0.05) is 0 Å². The zero-order chi connectivity index (χ0) is 9.97. The second-order valence-electron chi connectivity index (χ2n) is 2.81. The van der Waals surface area contributed by atoms with Crippen molar-refractivity contribution in [3.63, 3.8) is 0 Å². The summed E-state index contributed by atoms with van der Waals surface area (Å²) >= 11 is 0. The van der Waals surface area contributed by atoms with E-state index in [1.807, 2.05) is 0 Å². The topological polar surface area (TPSA) is 94.7 Å². The molecule has 3 N–H and O–H groups in total. The molecule has 0 saturated heterocycles. The highest BCUT2D eigenvalue weighted by Gasteiger charge is 2.11. The molecule has 2 rings (SSSR count). The Bertz CT molecular complexity index is 432. The van der Waals surface area contributed by atoms with Crippen LogP contribution in [0.25, 0.3) is 11.4 Å². The summed E-state index contributed by atoms with van der Waals surface area (Å²) in [4.78, 5) is 10.5. The lowest BCUT2D eigenvalue weighted by atomic mass is 10.1. The zero-order valence-corrected chi connectivity index (χ0v) is 7.19. The smallest absolute Gasteiger partial charge is 0.307 e. The number of aromatic amines is 2. The van der Waals surface area contributed by atoms with E-state index in [-0.39, 0.29) is 6.42 Å². The number of rotatable bonds is 3. The largest absolute Gasteiger partial charge is 0.481 e. The molecular weight excluding hydrogens is 184 g/mol.